The number of amides is 2. The fourth-order valence-corrected chi connectivity index (χ4v) is 6.23. The van der Waals surface area contributed by atoms with Gasteiger partial charge in [0.1, 0.15) is 0 Å². The zero-order valence-electron chi connectivity index (χ0n) is 19.8. The van der Waals surface area contributed by atoms with Crippen LogP contribution in [0.5, 0.6) is 0 Å². The SMILES string of the molecule is O=C(C=CC(=O)N1CCC(c2nc(-c3ccc(Cl)c(Cl)c3)cs2)CC1)Nc1cccc2c1CCCC2. The molecule has 3 aromatic rings. The van der Waals surface area contributed by atoms with E-state index in [-0.39, 0.29) is 11.8 Å². The van der Waals surface area contributed by atoms with Gasteiger partial charge in [-0.2, -0.15) is 0 Å². The van der Waals surface area contributed by atoms with Crippen molar-refractivity contribution in [2.75, 3.05) is 18.4 Å². The van der Waals surface area contributed by atoms with Crippen molar-refractivity contribution in [1.82, 2.24) is 9.88 Å². The van der Waals surface area contributed by atoms with E-state index in [1.165, 1.54) is 29.7 Å². The molecule has 0 spiro atoms. The van der Waals surface area contributed by atoms with Crippen molar-refractivity contribution in [1.29, 1.82) is 0 Å². The van der Waals surface area contributed by atoms with Crippen molar-refractivity contribution in [2.45, 2.75) is 44.4 Å². The molecular weight excluding hydrogens is 513 g/mol. The molecule has 0 atom stereocenters. The molecule has 5 rings (SSSR count). The minimum Gasteiger partial charge on any atom is -0.339 e. The van der Waals surface area contributed by atoms with Gasteiger partial charge in [-0.15, -0.1) is 11.3 Å². The molecule has 36 heavy (non-hydrogen) atoms. The molecule has 8 heteroatoms. The number of thiazole rings is 1. The topological polar surface area (TPSA) is 62.3 Å². The molecule has 0 unspecified atom stereocenters. The highest BCUT2D eigenvalue weighted by molar-refractivity contribution is 7.10. The molecule has 0 bridgehead atoms. The fourth-order valence-electron chi connectivity index (χ4n) is 4.94. The normalized spacial score (nSPS) is 16.2. The lowest BCUT2D eigenvalue weighted by atomic mass is 9.90. The number of likely N-dealkylation sites (tertiary alicyclic amines) is 1. The number of carbonyl (C=O) groups excluding carboxylic acids is 2. The molecule has 1 fully saturated rings. The Morgan fingerprint density at radius 2 is 1.83 bits per heavy atom. The van der Waals surface area contributed by atoms with Crippen molar-refractivity contribution in [3.63, 3.8) is 0 Å². The Morgan fingerprint density at radius 3 is 2.64 bits per heavy atom. The van der Waals surface area contributed by atoms with Gasteiger partial charge in [0.25, 0.3) is 0 Å². The number of hydrogen-bond donors (Lipinski definition) is 1. The molecule has 2 aromatic carbocycles. The maximum absolute atomic E-state index is 12.7. The largest absolute Gasteiger partial charge is 0.339 e. The van der Waals surface area contributed by atoms with Crippen LogP contribution in [0, 0.1) is 0 Å². The quantitative estimate of drug-likeness (QED) is 0.358. The number of fused-ring (bicyclic) bond motifs is 1. The number of benzene rings is 2. The third kappa shape index (κ3) is 5.66. The number of carbonyl (C=O) groups is 2. The highest BCUT2D eigenvalue weighted by atomic mass is 35.5. The number of halogens is 2. The third-order valence-electron chi connectivity index (χ3n) is 6.92. The number of rotatable bonds is 5. The predicted molar refractivity (Wildman–Crippen MR) is 147 cm³/mol. The average Bonchev–Trinajstić information content (AvgIpc) is 3.40. The van der Waals surface area contributed by atoms with Gasteiger partial charge in [0.15, 0.2) is 0 Å². The van der Waals surface area contributed by atoms with Crippen LogP contribution in [0.2, 0.25) is 10.0 Å². The molecule has 2 aliphatic rings. The summed E-state index contributed by atoms with van der Waals surface area (Å²) < 4.78 is 0. The lowest BCUT2D eigenvalue weighted by Gasteiger charge is -2.30. The lowest BCUT2D eigenvalue weighted by molar-refractivity contribution is -0.127. The number of nitrogens with zero attached hydrogens (tertiary/aromatic N) is 2. The number of aromatic nitrogens is 1. The molecule has 1 saturated heterocycles. The van der Waals surface area contributed by atoms with E-state index < -0.39 is 0 Å². The van der Waals surface area contributed by atoms with Crippen LogP contribution in [0.4, 0.5) is 5.69 Å². The van der Waals surface area contributed by atoms with Crippen LogP contribution in [0.1, 0.15) is 47.7 Å². The summed E-state index contributed by atoms with van der Waals surface area (Å²) in [6.07, 6.45) is 8.79. The van der Waals surface area contributed by atoms with Crippen LogP contribution < -0.4 is 5.32 Å². The summed E-state index contributed by atoms with van der Waals surface area (Å²) in [7, 11) is 0. The highest BCUT2D eigenvalue weighted by Gasteiger charge is 2.25. The summed E-state index contributed by atoms with van der Waals surface area (Å²) in [5, 5.41) is 7.11. The average molecular weight is 541 g/mol. The van der Waals surface area contributed by atoms with Gasteiger partial charge in [0.2, 0.25) is 11.8 Å². The van der Waals surface area contributed by atoms with Crippen molar-refractivity contribution < 1.29 is 9.59 Å². The summed E-state index contributed by atoms with van der Waals surface area (Å²) in [5.41, 5.74) is 5.23. The summed E-state index contributed by atoms with van der Waals surface area (Å²) >= 11 is 13.8. The Bertz CT molecular complexity index is 1310. The van der Waals surface area contributed by atoms with Crippen LogP contribution in [-0.2, 0) is 22.4 Å². The standard InChI is InChI=1S/C28H27Cl2N3O2S/c29-22-9-8-20(16-23(22)30)25-17-36-28(32-25)19-12-14-33(15-13-19)27(35)11-10-26(34)31-24-7-3-5-18-4-1-2-6-21(18)24/h3,5,7-11,16-17,19H,1-2,4,6,12-15H2,(H,31,34). The Hall–Kier alpha value is -2.67. The van der Waals surface area contributed by atoms with Crippen LogP contribution in [0.25, 0.3) is 11.3 Å². The second-order valence-corrected chi connectivity index (χ2v) is 11.0. The molecule has 0 saturated carbocycles. The molecule has 1 N–H and O–H groups in total. The van der Waals surface area contributed by atoms with E-state index in [1.807, 2.05) is 29.6 Å². The Morgan fingerprint density at radius 1 is 1.03 bits per heavy atom. The first kappa shape index (κ1) is 25.0. The molecule has 2 amide bonds. The molecular formula is C28H27Cl2N3O2S. The van der Waals surface area contributed by atoms with Crippen molar-refractivity contribution in [3.05, 3.63) is 80.1 Å². The van der Waals surface area contributed by atoms with Gasteiger partial charge in [-0.3, -0.25) is 9.59 Å². The zero-order chi connectivity index (χ0) is 25.1. The Kier molecular flexibility index (Phi) is 7.75. The van der Waals surface area contributed by atoms with Gasteiger partial charge in [0.05, 0.1) is 20.7 Å². The number of hydrogen-bond acceptors (Lipinski definition) is 4. The van der Waals surface area contributed by atoms with E-state index in [2.05, 4.69) is 11.4 Å². The predicted octanol–water partition coefficient (Wildman–Crippen LogP) is 6.90. The molecule has 1 aliphatic heterocycles. The third-order valence-corrected chi connectivity index (χ3v) is 8.67. The van der Waals surface area contributed by atoms with Gasteiger partial charge in [-0.25, -0.2) is 4.98 Å². The van der Waals surface area contributed by atoms with E-state index >= 15 is 0 Å². The van der Waals surface area contributed by atoms with Crippen molar-refractivity contribution in [2.24, 2.45) is 0 Å². The first-order chi connectivity index (χ1) is 17.5. The van der Waals surface area contributed by atoms with Crippen LogP contribution in [0.3, 0.4) is 0 Å². The fraction of sp³-hybridized carbons (Fsp3) is 0.321. The maximum Gasteiger partial charge on any atom is 0.248 e. The first-order valence-electron chi connectivity index (χ1n) is 12.3. The van der Waals surface area contributed by atoms with Gasteiger partial charge in [0, 0.05) is 47.8 Å². The van der Waals surface area contributed by atoms with Crippen molar-refractivity contribution in [3.8, 4) is 11.3 Å². The first-order valence-corrected chi connectivity index (χ1v) is 13.9. The number of nitrogens with one attached hydrogen (secondary N) is 1. The van der Waals surface area contributed by atoms with E-state index in [0.717, 1.165) is 54.1 Å². The van der Waals surface area contributed by atoms with E-state index in [9.17, 15) is 9.59 Å². The number of anilines is 1. The van der Waals surface area contributed by atoms with Gasteiger partial charge in [-0.1, -0.05) is 41.4 Å². The second kappa shape index (κ2) is 11.2. The van der Waals surface area contributed by atoms with E-state index in [0.29, 0.717) is 29.1 Å². The summed E-state index contributed by atoms with van der Waals surface area (Å²) in [5.74, 6) is -0.0868. The van der Waals surface area contributed by atoms with Gasteiger partial charge < -0.3 is 10.2 Å². The Balaban J connectivity index is 1.14. The minimum atomic E-state index is -0.269. The Labute approximate surface area is 225 Å². The highest BCUT2D eigenvalue weighted by Crippen LogP contribution is 2.34. The van der Waals surface area contributed by atoms with Crippen LogP contribution >= 0.6 is 34.5 Å². The van der Waals surface area contributed by atoms with E-state index in [1.54, 1.807) is 22.3 Å². The van der Waals surface area contributed by atoms with Crippen LogP contribution in [-0.4, -0.2) is 34.8 Å². The molecule has 1 aromatic heterocycles. The molecule has 2 heterocycles. The zero-order valence-corrected chi connectivity index (χ0v) is 22.1. The molecule has 186 valence electrons. The summed E-state index contributed by atoms with van der Waals surface area (Å²) in [4.78, 5) is 31.8. The van der Waals surface area contributed by atoms with Crippen molar-refractivity contribution >= 4 is 52.0 Å². The van der Waals surface area contributed by atoms with E-state index in [4.69, 9.17) is 28.2 Å². The maximum atomic E-state index is 12.7. The molecule has 1 aliphatic carbocycles. The van der Waals surface area contributed by atoms with Gasteiger partial charge in [-0.05, 0) is 67.9 Å². The minimum absolute atomic E-state index is 0.130. The monoisotopic (exact) mass is 539 g/mol. The number of aryl methyl sites for hydroxylation is 1. The number of piperidine rings is 1. The smallest absolute Gasteiger partial charge is 0.248 e. The summed E-state index contributed by atoms with van der Waals surface area (Å²) in [6.45, 7) is 1.28. The molecule has 0 radical (unpaired) electrons. The van der Waals surface area contributed by atoms with Crippen LogP contribution in [0.15, 0.2) is 53.9 Å². The van der Waals surface area contributed by atoms with Gasteiger partial charge >= 0.3 is 0 Å². The molecule has 5 nitrogen and oxygen atoms in total. The second-order valence-electron chi connectivity index (χ2n) is 9.27. The summed E-state index contributed by atoms with van der Waals surface area (Å²) in [6, 6.07) is 11.6. The lowest BCUT2D eigenvalue weighted by Crippen LogP contribution is -2.37.